The first kappa shape index (κ1) is 15.6. The quantitative estimate of drug-likeness (QED) is 0.901. The number of alkyl halides is 3. The predicted octanol–water partition coefficient (Wildman–Crippen LogP) is 3.35. The Morgan fingerprint density at radius 2 is 1.89 bits per heavy atom. The van der Waals surface area contributed by atoms with Gasteiger partial charge in [-0.15, -0.1) is 0 Å². The standard InChI is InChI=1S/C11H12Cl2F3NO/c12-9-1-2-10(13)8(5-9)6-17(3-4-18)7-11(14,15)16/h1-2,5,18H,3-4,6-7H2. The average Bonchev–Trinajstić information content (AvgIpc) is 2.21. The molecule has 1 aromatic carbocycles. The van der Waals surface area contributed by atoms with Gasteiger partial charge >= 0.3 is 6.18 Å². The Bertz CT molecular complexity index is 398. The van der Waals surface area contributed by atoms with Crippen LogP contribution in [0.3, 0.4) is 0 Å². The van der Waals surface area contributed by atoms with Crippen molar-refractivity contribution in [1.29, 1.82) is 0 Å². The van der Waals surface area contributed by atoms with Crippen LogP contribution in [0.5, 0.6) is 0 Å². The van der Waals surface area contributed by atoms with Crippen LogP contribution in [0.4, 0.5) is 13.2 Å². The zero-order valence-electron chi connectivity index (χ0n) is 9.34. The van der Waals surface area contributed by atoms with E-state index in [1.165, 1.54) is 12.1 Å². The summed E-state index contributed by atoms with van der Waals surface area (Å²) in [4.78, 5) is 1.07. The second-order valence-electron chi connectivity index (χ2n) is 3.79. The first-order chi connectivity index (χ1) is 8.31. The van der Waals surface area contributed by atoms with Crippen LogP contribution in [0.15, 0.2) is 18.2 Å². The number of aliphatic hydroxyl groups is 1. The van der Waals surface area contributed by atoms with Gasteiger partial charge in [-0.2, -0.15) is 13.2 Å². The first-order valence-corrected chi connectivity index (χ1v) is 5.91. The summed E-state index contributed by atoms with van der Waals surface area (Å²) in [6.07, 6.45) is -4.32. The maximum atomic E-state index is 12.3. The molecule has 2 nitrogen and oxygen atoms in total. The van der Waals surface area contributed by atoms with Crippen LogP contribution < -0.4 is 0 Å². The molecule has 0 saturated heterocycles. The second kappa shape index (κ2) is 6.61. The zero-order chi connectivity index (χ0) is 13.8. The average molecular weight is 302 g/mol. The van der Waals surface area contributed by atoms with Crippen molar-refractivity contribution < 1.29 is 18.3 Å². The fourth-order valence-corrected chi connectivity index (χ4v) is 1.89. The highest BCUT2D eigenvalue weighted by Crippen LogP contribution is 2.24. The summed E-state index contributed by atoms with van der Waals surface area (Å²) in [6.45, 7) is -1.55. The lowest BCUT2D eigenvalue weighted by molar-refractivity contribution is -0.147. The van der Waals surface area contributed by atoms with Crippen molar-refractivity contribution in [3.8, 4) is 0 Å². The minimum Gasteiger partial charge on any atom is -0.395 e. The Labute approximate surface area is 113 Å². The molecule has 0 aliphatic rings. The van der Waals surface area contributed by atoms with E-state index in [0.29, 0.717) is 15.6 Å². The van der Waals surface area contributed by atoms with Gasteiger partial charge in [-0.25, -0.2) is 0 Å². The lowest BCUT2D eigenvalue weighted by Crippen LogP contribution is -2.35. The molecular weight excluding hydrogens is 290 g/mol. The molecule has 0 atom stereocenters. The molecule has 1 rings (SSSR count). The molecule has 0 amide bonds. The third-order valence-electron chi connectivity index (χ3n) is 2.22. The molecule has 18 heavy (non-hydrogen) atoms. The van der Waals surface area contributed by atoms with Gasteiger partial charge in [0.1, 0.15) is 0 Å². The van der Waals surface area contributed by atoms with Gasteiger partial charge in [-0.1, -0.05) is 23.2 Å². The minimum atomic E-state index is -4.32. The molecule has 0 spiro atoms. The van der Waals surface area contributed by atoms with E-state index >= 15 is 0 Å². The molecule has 0 radical (unpaired) electrons. The van der Waals surface area contributed by atoms with Gasteiger partial charge in [-0.3, -0.25) is 4.90 Å². The Morgan fingerprint density at radius 1 is 1.22 bits per heavy atom. The highest BCUT2D eigenvalue weighted by molar-refractivity contribution is 6.33. The summed E-state index contributed by atoms with van der Waals surface area (Å²) < 4.78 is 37.0. The molecule has 0 unspecified atom stereocenters. The van der Waals surface area contributed by atoms with Crippen molar-refractivity contribution in [2.24, 2.45) is 0 Å². The fourth-order valence-electron chi connectivity index (χ4n) is 1.51. The van der Waals surface area contributed by atoms with E-state index in [9.17, 15) is 13.2 Å². The van der Waals surface area contributed by atoms with E-state index in [-0.39, 0.29) is 19.7 Å². The van der Waals surface area contributed by atoms with E-state index in [0.717, 1.165) is 4.90 Å². The van der Waals surface area contributed by atoms with Crippen molar-refractivity contribution in [1.82, 2.24) is 4.90 Å². The zero-order valence-corrected chi connectivity index (χ0v) is 10.9. The van der Waals surface area contributed by atoms with E-state index in [1.54, 1.807) is 6.07 Å². The second-order valence-corrected chi connectivity index (χ2v) is 4.63. The number of hydrogen-bond donors (Lipinski definition) is 1. The lowest BCUT2D eigenvalue weighted by atomic mass is 10.2. The molecule has 0 aromatic heterocycles. The van der Waals surface area contributed by atoms with Crippen LogP contribution in [0.1, 0.15) is 5.56 Å². The number of rotatable bonds is 5. The van der Waals surface area contributed by atoms with Gasteiger partial charge in [0.05, 0.1) is 13.2 Å². The SMILES string of the molecule is OCCN(Cc1cc(Cl)ccc1Cl)CC(F)(F)F. The largest absolute Gasteiger partial charge is 0.401 e. The molecule has 0 saturated carbocycles. The molecule has 1 aromatic rings. The Hall–Kier alpha value is -0.490. The van der Waals surface area contributed by atoms with Crippen molar-refractivity contribution >= 4 is 23.2 Å². The Balaban J connectivity index is 2.79. The van der Waals surface area contributed by atoms with Gasteiger partial charge in [0.15, 0.2) is 0 Å². The number of hydrogen-bond acceptors (Lipinski definition) is 2. The highest BCUT2D eigenvalue weighted by atomic mass is 35.5. The monoisotopic (exact) mass is 301 g/mol. The minimum absolute atomic E-state index is 0.0144. The van der Waals surface area contributed by atoms with Crippen molar-refractivity contribution in [2.45, 2.75) is 12.7 Å². The summed E-state index contributed by atoms with van der Waals surface area (Å²) in [5.41, 5.74) is 0.502. The van der Waals surface area contributed by atoms with Gasteiger partial charge in [0.25, 0.3) is 0 Å². The van der Waals surface area contributed by atoms with Gasteiger partial charge in [-0.05, 0) is 23.8 Å². The summed E-state index contributed by atoms with van der Waals surface area (Å²) in [5, 5.41) is 9.53. The van der Waals surface area contributed by atoms with Crippen LogP contribution in [0.2, 0.25) is 10.0 Å². The molecule has 0 aliphatic heterocycles. The number of benzene rings is 1. The van der Waals surface area contributed by atoms with E-state index in [2.05, 4.69) is 0 Å². The van der Waals surface area contributed by atoms with Gasteiger partial charge in [0.2, 0.25) is 0 Å². The maximum absolute atomic E-state index is 12.3. The van der Waals surface area contributed by atoms with Gasteiger partial charge < -0.3 is 5.11 Å². The van der Waals surface area contributed by atoms with Crippen molar-refractivity contribution in [3.05, 3.63) is 33.8 Å². The number of halogens is 5. The molecule has 102 valence electrons. The van der Waals surface area contributed by atoms with E-state index < -0.39 is 12.7 Å². The smallest absolute Gasteiger partial charge is 0.395 e. The van der Waals surface area contributed by atoms with Gasteiger partial charge in [0, 0.05) is 23.1 Å². The maximum Gasteiger partial charge on any atom is 0.401 e. The Morgan fingerprint density at radius 3 is 2.44 bits per heavy atom. The first-order valence-electron chi connectivity index (χ1n) is 5.15. The fraction of sp³-hybridized carbons (Fsp3) is 0.455. The van der Waals surface area contributed by atoms with Crippen molar-refractivity contribution in [2.75, 3.05) is 19.7 Å². The Kier molecular flexibility index (Phi) is 5.72. The molecule has 0 aliphatic carbocycles. The topological polar surface area (TPSA) is 23.5 Å². The normalized spacial score (nSPS) is 12.2. The van der Waals surface area contributed by atoms with Crippen LogP contribution in [-0.2, 0) is 6.54 Å². The summed E-state index contributed by atoms with van der Waals surface area (Å²) in [5.74, 6) is 0. The molecule has 1 N–H and O–H groups in total. The van der Waals surface area contributed by atoms with Crippen LogP contribution in [0, 0.1) is 0 Å². The molecule has 0 heterocycles. The van der Waals surface area contributed by atoms with E-state index in [4.69, 9.17) is 28.3 Å². The number of nitrogens with zero attached hydrogens (tertiary/aromatic N) is 1. The predicted molar refractivity (Wildman–Crippen MR) is 64.9 cm³/mol. The summed E-state index contributed by atoms with van der Waals surface area (Å²) >= 11 is 11.6. The van der Waals surface area contributed by atoms with Crippen molar-refractivity contribution in [3.63, 3.8) is 0 Å². The molecule has 0 fully saturated rings. The third kappa shape index (κ3) is 5.44. The summed E-state index contributed by atoms with van der Waals surface area (Å²) in [7, 11) is 0. The van der Waals surface area contributed by atoms with Crippen LogP contribution >= 0.6 is 23.2 Å². The molecule has 7 heteroatoms. The lowest BCUT2D eigenvalue weighted by Gasteiger charge is -2.23. The third-order valence-corrected chi connectivity index (χ3v) is 2.82. The van der Waals surface area contributed by atoms with Crippen LogP contribution in [0.25, 0.3) is 0 Å². The molecule has 0 bridgehead atoms. The highest BCUT2D eigenvalue weighted by Gasteiger charge is 2.30. The number of aliphatic hydroxyl groups excluding tert-OH is 1. The van der Waals surface area contributed by atoms with Crippen LogP contribution in [-0.4, -0.2) is 35.9 Å². The van der Waals surface area contributed by atoms with E-state index in [1.807, 2.05) is 0 Å². The summed E-state index contributed by atoms with van der Waals surface area (Å²) in [6, 6.07) is 4.61. The molecular formula is C11H12Cl2F3NO.